The van der Waals surface area contributed by atoms with Crippen molar-refractivity contribution in [3.63, 3.8) is 0 Å². The summed E-state index contributed by atoms with van der Waals surface area (Å²) < 4.78 is 33.4. The first kappa shape index (κ1) is 21.8. The molecule has 0 bridgehead atoms. The van der Waals surface area contributed by atoms with E-state index in [1.54, 1.807) is 25.1 Å². The van der Waals surface area contributed by atoms with Crippen molar-refractivity contribution < 1.29 is 17.9 Å². The van der Waals surface area contributed by atoms with Gasteiger partial charge in [0.25, 0.3) is 15.9 Å². The SMILES string of the molecule is Cc1ccc(NS(=O)(=O)c2ccc(OCC(=O)NCC(C)C)c(C)c2)cc1C. The molecule has 0 unspecified atom stereocenters. The van der Waals surface area contributed by atoms with Crippen LogP contribution in [0.3, 0.4) is 0 Å². The Hall–Kier alpha value is -2.54. The van der Waals surface area contributed by atoms with Gasteiger partial charge in [-0.05, 0) is 73.7 Å². The average molecular weight is 405 g/mol. The maximum absolute atomic E-state index is 12.7. The summed E-state index contributed by atoms with van der Waals surface area (Å²) in [6.07, 6.45) is 0. The molecule has 0 aliphatic heterocycles. The Bertz CT molecular complexity index is 953. The Balaban J connectivity index is 2.07. The minimum absolute atomic E-state index is 0.111. The second-order valence-electron chi connectivity index (χ2n) is 7.32. The maximum atomic E-state index is 12.7. The van der Waals surface area contributed by atoms with Crippen LogP contribution in [0.1, 0.15) is 30.5 Å². The van der Waals surface area contributed by atoms with Crippen molar-refractivity contribution in [2.75, 3.05) is 17.9 Å². The molecular formula is C21H28N2O4S. The molecule has 2 aromatic carbocycles. The summed E-state index contributed by atoms with van der Waals surface area (Å²) in [5.41, 5.74) is 3.26. The van der Waals surface area contributed by atoms with Crippen LogP contribution >= 0.6 is 0 Å². The highest BCUT2D eigenvalue weighted by atomic mass is 32.2. The van der Waals surface area contributed by atoms with Crippen LogP contribution < -0.4 is 14.8 Å². The van der Waals surface area contributed by atoms with Crippen LogP contribution in [0.15, 0.2) is 41.3 Å². The van der Waals surface area contributed by atoms with Crippen LogP contribution in [-0.2, 0) is 14.8 Å². The van der Waals surface area contributed by atoms with E-state index in [1.165, 1.54) is 12.1 Å². The molecule has 2 N–H and O–H groups in total. The molecule has 0 heterocycles. The lowest BCUT2D eigenvalue weighted by atomic mass is 10.1. The molecular weight excluding hydrogens is 376 g/mol. The number of carbonyl (C=O) groups excluding carboxylic acids is 1. The Labute approximate surface area is 167 Å². The van der Waals surface area contributed by atoms with Crippen LogP contribution in [0.2, 0.25) is 0 Å². The third kappa shape index (κ3) is 5.99. The zero-order chi connectivity index (χ0) is 20.9. The molecule has 1 amide bonds. The second kappa shape index (κ2) is 9.10. The highest BCUT2D eigenvalue weighted by Crippen LogP contribution is 2.24. The van der Waals surface area contributed by atoms with Gasteiger partial charge in [-0.2, -0.15) is 0 Å². The first-order valence-electron chi connectivity index (χ1n) is 9.18. The number of aryl methyl sites for hydroxylation is 3. The number of rotatable bonds is 8. The molecule has 0 aliphatic rings. The Morgan fingerprint density at radius 3 is 2.32 bits per heavy atom. The van der Waals surface area contributed by atoms with E-state index in [4.69, 9.17) is 4.74 Å². The minimum Gasteiger partial charge on any atom is -0.484 e. The van der Waals surface area contributed by atoms with E-state index in [-0.39, 0.29) is 17.4 Å². The van der Waals surface area contributed by atoms with Crippen molar-refractivity contribution >= 4 is 21.6 Å². The van der Waals surface area contributed by atoms with E-state index in [2.05, 4.69) is 10.0 Å². The van der Waals surface area contributed by atoms with E-state index in [1.807, 2.05) is 33.8 Å². The highest BCUT2D eigenvalue weighted by molar-refractivity contribution is 7.92. The van der Waals surface area contributed by atoms with Gasteiger partial charge in [-0.3, -0.25) is 9.52 Å². The number of sulfonamides is 1. The molecule has 2 rings (SSSR count). The molecule has 0 aliphatic carbocycles. The molecule has 152 valence electrons. The molecule has 7 heteroatoms. The van der Waals surface area contributed by atoms with Crippen molar-refractivity contribution in [3.05, 3.63) is 53.1 Å². The number of ether oxygens (including phenoxy) is 1. The molecule has 0 aromatic heterocycles. The standard InChI is InChI=1S/C21H28N2O4S/c1-14(2)12-22-21(24)13-27-20-9-8-19(11-17(20)5)28(25,26)23-18-7-6-15(3)16(4)10-18/h6-11,14,23H,12-13H2,1-5H3,(H,22,24). The van der Waals surface area contributed by atoms with Gasteiger partial charge < -0.3 is 10.1 Å². The quantitative estimate of drug-likeness (QED) is 0.704. The van der Waals surface area contributed by atoms with E-state index < -0.39 is 10.0 Å². The van der Waals surface area contributed by atoms with E-state index in [9.17, 15) is 13.2 Å². The zero-order valence-electron chi connectivity index (χ0n) is 17.0. The third-order valence-corrected chi connectivity index (χ3v) is 5.66. The maximum Gasteiger partial charge on any atom is 0.261 e. The fourth-order valence-corrected chi connectivity index (χ4v) is 3.62. The number of benzene rings is 2. The fourth-order valence-electron chi connectivity index (χ4n) is 2.48. The van der Waals surface area contributed by atoms with Gasteiger partial charge >= 0.3 is 0 Å². The lowest BCUT2D eigenvalue weighted by Crippen LogP contribution is -2.31. The molecule has 6 nitrogen and oxygen atoms in total. The Morgan fingerprint density at radius 1 is 1.00 bits per heavy atom. The number of hydrogen-bond donors (Lipinski definition) is 2. The summed E-state index contributed by atoms with van der Waals surface area (Å²) in [6, 6.07) is 9.98. The smallest absolute Gasteiger partial charge is 0.261 e. The summed E-state index contributed by atoms with van der Waals surface area (Å²) in [5.74, 6) is 0.631. The third-order valence-electron chi connectivity index (χ3n) is 4.28. The first-order chi connectivity index (χ1) is 13.1. The Kier molecular flexibility index (Phi) is 7.07. The predicted molar refractivity (Wildman–Crippen MR) is 111 cm³/mol. The summed E-state index contributed by atoms with van der Waals surface area (Å²) in [4.78, 5) is 11.9. The molecule has 0 fully saturated rings. The summed E-state index contributed by atoms with van der Waals surface area (Å²) in [7, 11) is -3.72. The van der Waals surface area contributed by atoms with Crippen LogP contribution in [0.4, 0.5) is 5.69 Å². The minimum atomic E-state index is -3.72. The molecule has 0 radical (unpaired) electrons. The number of nitrogens with one attached hydrogen (secondary N) is 2. The van der Waals surface area contributed by atoms with Gasteiger partial charge in [0, 0.05) is 12.2 Å². The normalized spacial score (nSPS) is 11.4. The molecule has 0 saturated carbocycles. The summed E-state index contributed by atoms with van der Waals surface area (Å²) in [5, 5.41) is 2.77. The second-order valence-corrected chi connectivity index (χ2v) is 9.00. The van der Waals surface area contributed by atoms with Crippen molar-refractivity contribution in [2.24, 2.45) is 5.92 Å². The van der Waals surface area contributed by atoms with Gasteiger partial charge in [0.05, 0.1) is 4.90 Å². The number of anilines is 1. The van der Waals surface area contributed by atoms with E-state index >= 15 is 0 Å². The number of amides is 1. The lowest BCUT2D eigenvalue weighted by molar-refractivity contribution is -0.123. The predicted octanol–water partition coefficient (Wildman–Crippen LogP) is 3.56. The highest BCUT2D eigenvalue weighted by Gasteiger charge is 2.16. The Morgan fingerprint density at radius 2 is 1.71 bits per heavy atom. The monoisotopic (exact) mass is 404 g/mol. The average Bonchev–Trinajstić information content (AvgIpc) is 2.61. The lowest BCUT2D eigenvalue weighted by Gasteiger charge is -2.13. The van der Waals surface area contributed by atoms with Crippen molar-refractivity contribution in [1.29, 1.82) is 0 Å². The van der Waals surface area contributed by atoms with Crippen LogP contribution in [0.5, 0.6) is 5.75 Å². The van der Waals surface area contributed by atoms with Crippen LogP contribution in [-0.4, -0.2) is 27.5 Å². The zero-order valence-corrected chi connectivity index (χ0v) is 17.8. The summed E-state index contributed by atoms with van der Waals surface area (Å²) >= 11 is 0. The molecule has 0 spiro atoms. The van der Waals surface area contributed by atoms with Gasteiger partial charge in [-0.1, -0.05) is 19.9 Å². The van der Waals surface area contributed by atoms with Crippen molar-refractivity contribution in [2.45, 2.75) is 39.5 Å². The van der Waals surface area contributed by atoms with Gasteiger partial charge in [0.2, 0.25) is 0 Å². The summed E-state index contributed by atoms with van der Waals surface area (Å²) in [6.45, 7) is 10.1. The largest absolute Gasteiger partial charge is 0.484 e. The van der Waals surface area contributed by atoms with Gasteiger partial charge in [0.1, 0.15) is 5.75 Å². The molecule has 0 saturated heterocycles. The number of carbonyl (C=O) groups is 1. The van der Waals surface area contributed by atoms with E-state index in [0.29, 0.717) is 29.5 Å². The van der Waals surface area contributed by atoms with Crippen LogP contribution in [0.25, 0.3) is 0 Å². The molecule has 2 aromatic rings. The fraction of sp³-hybridized carbons (Fsp3) is 0.381. The number of hydrogen-bond acceptors (Lipinski definition) is 4. The van der Waals surface area contributed by atoms with Gasteiger partial charge in [-0.25, -0.2) is 8.42 Å². The van der Waals surface area contributed by atoms with Crippen molar-refractivity contribution in [1.82, 2.24) is 5.32 Å². The van der Waals surface area contributed by atoms with E-state index in [0.717, 1.165) is 11.1 Å². The van der Waals surface area contributed by atoms with Gasteiger partial charge in [0.15, 0.2) is 6.61 Å². The van der Waals surface area contributed by atoms with Crippen LogP contribution in [0, 0.1) is 26.7 Å². The molecule has 28 heavy (non-hydrogen) atoms. The van der Waals surface area contributed by atoms with Gasteiger partial charge in [-0.15, -0.1) is 0 Å². The topological polar surface area (TPSA) is 84.5 Å². The van der Waals surface area contributed by atoms with Crippen molar-refractivity contribution in [3.8, 4) is 5.75 Å². The first-order valence-corrected chi connectivity index (χ1v) is 10.7. The molecule has 0 atom stereocenters.